The molecular weight excluding hydrogens is 245 g/mol. The lowest BCUT2D eigenvalue weighted by Gasteiger charge is -2.08. The third-order valence-corrected chi connectivity index (χ3v) is 3.25. The zero-order chi connectivity index (χ0) is 11.1. The number of benzene rings is 1. The minimum absolute atomic E-state index is 0.370. The van der Waals surface area contributed by atoms with E-state index in [1.165, 1.54) is 0 Å². The standard InChI is InChI=1S/C11H9Cl2N3/c12-8-3-1-2-4-9(8)16-10(7-5-6-7)14-15-11(16)13/h1-4,7H,5-6H2. The maximum atomic E-state index is 6.15. The van der Waals surface area contributed by atoms with Gasteiger partial charge in [-0.05, 0) is 36.6 Å². The van der Waals surface area contributed by atoms with Crippen LogP contribution in [0.1, 0.15) is 24.6 Å². The van der Waals surface area contributed by atoms with Gasteiger partial charge < -0.3 is 0 Å². The Morgan fingerprint density at radius 3 is 2.56 bits per heavy atom. The summed E-state index contributed by atoms with van der Waals surface area (Å²) >= 11 is 12.2. The molecule has 16 heavy (non-hydrogen) atoms. The van der Waals surface area contributed by atoms with Gasteiger partial charge in [-0.1, -0.05) is 23.7 Å². The van der Waals surface area contributed by atoms with E-state index in [2.05, 4.69) is 10.2 Å². The molecule has 0 radical (unpaired) electrons. The topological polar surface area (TPSA) is 30.7 Å². The molecule has 5 heteroatoms. The summed E-state index contributed by atoms with van der Waals surface area (Å²) in [5.41, 5.74) is 0.848. The highest BCUT2D eigenvalue weighted by molar-refractivity contribution is 6.33. The monoisotopic (exact) mass is 253 g/mol. The fraction of sp³-hybridized carbons (Fsp3) is 0.273. The van der Waals surface area contributed by atoms with E-state index in [0.717, 1.165) is 24.4 Å². The van der Waals surface area contributed by atoms with Gasteiger partial charge in [0.25, 0.3) is 0 Å². The summed E-state index contributed by atoms with van der Waals surface area (Å²) in [4.78, 5) is 0. The number of aromatic nitrogens is 3. The molecule has 1 saturated carbocycles. The Labute approximate surface area is 103 Å². The van der Waals surface area contributed by atoms with Gasteiger partial charge >= 0.3 is 0 Å². The fourth-order valence-electron chi connectivity index (χ4n) is 1.74. The number of nitrogens with zero attached hydrogens (tertiary/aromatic N) is 3. The Kier molecular flexibility index (Phi) is 2.37. The lowest BCUT2D eigenvalue weighted by Crippen LogP contribution is -2.00. The molecule has 0 aliphatic heterocycles. The molecule has 0 atom stereocenters. The van der Waals surface area contributed by atoms with Gasteiger partial charge in [-0.25, -0.2) is 0 Å². The molecule has 3 rings (SSSR count). The summed E-state index contributed by atoms with van der Waals surface area (Å²) in [5.74, 6) is 1.40. The molecular formula is C11H9Cl2N3. The van der Waals surface area contributed by atoms with Gasteiger partial charge in [0.15, 0.2) is 0 Å². The zero-order valence-electron chi connectivity index (χ0n) is 8.40. The predicted octanol–water partition coefficient (Wildman–Crippen LogP) is 3.45. The van der Waals surface area contributed by atoms with Crippen LogP contribution in [0.25, 0.3) is 5.69 Å². The Balaban J connectivity index is 2.18. The summed E-state index contributed by atoms with van der Waals surface area (Å²) in [6, 6.07) is 7.57. The van der Waals surface area contributed by atoms with Crippen LogP contribution in [0.4, 0.5) is 0 Å². The molecule has 1 heterocycles. The zero-order valence-corrected chi connectivity index (χ0v) is 9.91. The van der Waals surface area contributed by atoms with Crippen LogP contribution in [-0.4, -0.2) is 14.8 Å². The minimum atomic E-state index is 0.370. The third kappa shape index (κ3) is 1.60. The normalized spacial score (nSPS) is 15.4. The molecule has 0 unspecified atom stereocenters. The van der Waals surface area contributed by atoms with Crippen LogP contribution in [-0.2, 0) is 0 Å². The van der Waals surface area contributed by atoms with Gasteiger partial charge in [0, 0.05) is 5.92 Å². The maximum Gasteiger partial charge on any atom is 0.229 e. The van der Waals surface area contributed by atoms with E-state index in [0.29, 0.717) is 16.2 Å². The molecule has 0 amide bonds. The van der Waals surface area contributed by atoms with Crippen molar-refractivity contribution in [3.8, 4) is 5.69 Å². The summed E-state index contributed by atoms with van der Waals surface area (Å²) in [5, 5.41) is 9.06. The van der Waals surface area contributed by atoms with Crippen LogP contribution >= 0.6 is 23.2 Å². The average molecular weight is 254 g/mol. The van der Waals surface area contributed by atoms with Gasteiger partial charge in [-0.2, -0.15) is 0 Å². The van der Waals surface area contributed by atoms with Crippen molar-refractivity contribution in [1.82, 2.24) is 14.8 Å². The average Bonchev–Trinajstić information content (AvgIpc) is 3.04. The first-order valence-corrected chi connectivity index (χ1v) is 5.88. The Bertz CT molecular complexity index is 532. The summed E-state index contributed by atoms with van der Waals surface area (Å²) in [7, 11) is 0. The lowest BCUT2D eigenvalue weighted by atomic mass is 10.3. The Hall–Kier alpha value is -1.06. The van der Waals surface area contributed by atoms with Crippen molar-refractivity contribution >= 4 is 23.2 Å². The summed E-state index contributed by atoms with van der Waals surface area (Å²) in [6.07, 6.45) is 2.30. The molecule has 1 aliphatic carbocycles. The predicted molar refractivity (Wildman–Crippen MR) is 63.4 cm³/mol. The lowest BCUT2D eigenvalue weighted by molar-refractivity contribution is 0.872. The van der Waals surface area contributed by atoms with E-state index in [4.69, 9.17) is 23.2 Å². The molecule has 0 bridgehead atoms. The molecule has 82 valence electrons. The molecule has 1 fully saturated rings. The third-order valence-electron chi connectivity index (χ3n) is 2.68. The van der Waals surface area contributed by atoms with Gasteiger partial charge in [-0.3, -0.25) is 4.57 Å². The number of rotatable bonds is 2. The van der Waals surface area contributed by atoms with Crippen molar-refractivity contribution in [2.75, 3.05) is 0 Å². The van der Waals surface area contributed by atoms with E-state index in [9.17, 15) is 0 Å². The number of hydrogen-bond acceptors (Lipinski definition) is 2. The van der Waals surface area contributed by atoms with Crippen LogP contribution in [0.2, 0.25) is 10.3 Å². The van der Waals surface area contributed by atoms with Crippen molar-refractivity contribution in [2.24, 2.45) is 0 Å². The molecule has 0 saturated heterocycles. The van der Waals surface area contributed by atoms with Crippen molar-refractivity contribution in [3.05, 3.63) is 40.4 Å². The second-order valence-corrected chi connectivity index (χ2v) is 4.63. The van der Waals surface area contributed by atoms with Crippen LogP contribution < -0.4 is 0 Å². The van der Waals surface area contributed by atoms with Gasteiger partial charge in [0.1, 0.15) is 5.82 Å². The SMILES string of the molecule is Clc1ccccc1-n1c(Cl)nnc1C1CC1. The second-order valence-electron chi connectivity index (χ2n) is 3.89. The smallest absolute Gasteiger partial charge is 0.229 e. The quantitative estimate of drug-likeness (QED) is 0.821. The van der Waals surface area contributed by atoms with Crippen LogP contribution in [0, 0.1) is 0 Å². The molecule has 1 aromatic heterocycles. The van der Waals surface area contributed by atoms with Crippen molar-refractivity contribution < 1.29 is 0 Å². The molecule has 3 nitrogen and oxygen atoms in total. The van der Waals surface area contributed by atoms with Crippen molar-refractivity contribution in [3.63, 3.8) is 0 Å². The van der Waals surface area contributed by atoms with Gasteiger partial charge in [0.05, 0.1) is 10.7 Å². The van der Waals surface area contributed by atoms with E-state index in [1.807, 2.05) is 28.8 Å². The van der Waals surface area contributed by atoms with Crippen LogP contribution in [0.5, 0.6) is 0 Å². The van der Waals surface area contributed by atoms with Crippen LogP contribution in [0.3, 0.4) is 0 Å². The largest absolute Gasteiger partial charge is 0.268 e. The molecule has 1 aromatic carbocycles. The van der Waals surface area contributed by atoms with Crippen molar-refractivity contribution in [2.45, 2.75) is 18.8 Å². The summed E-state index contributed by atoms with van der Waals surface area (Å²) < 4.78 is 1.83. The van der Waals surface area contributed by atoms with Crippen LogP contribution in [0.15, 0.2) is 24.3 Å². The number of halogens is 2. The summed E-state index contributed by atoms with van der Waals surface area (Å²) in [6.45, 7) is 0. The highest BCUT2D eigenvalue weighted by atomic mass is 35.5. The highest BCUT2D eigenvalue weighted by Crippen LogP contribution is 2.41. The molecule has 0 N–H and O–H groups in total. The van der Waals surface area contributed by atoms with E-state index in [-0.39, 0.29) is 0 Å². The first-order chi connectivity index (χ1) is 7.77. The number of hydrogen-bond donors (Lipinski definition) is 0. The first-order valence-electron chi connectivity index (χ1n) is 5.13. The van der Waals surface area contributed by atoms with E-state index >= 15 is 0 Å². The van der Waals surface area contributed by atoms with Crippen molar-refractivity contribution in [1.29, 1.82) is 0 Å². The fourth-order valence-corrected chi connectivity index (χ4v) is 2.17. The maximum absolute atomic E-state index is 6.15. The van der Waals surface area contributed by atoms with E-state index < -0.39 is 0 Å². The molecule has 2 aromatic rings. The second kappa shape index (κ2) is 3.75. The molecule has 0 spiro atoms. The van der Waals surface area contributed by atoms with E-state index in [1.54, 1.807) is 0 Å². The van der Waals surface area contributed by atoms with Gasteiger partial charge in [-0.15, -0.1) is 10.2 Å². The van der Waals surface area contributed by atoms with Gasteiger partial charge in [0.2, 0.25) is 5.28 Å². The Morgan fingerprint density at radius 1 is 1.12 bits per heavy atom. The first kappa shape index (κ1) is 10.1. The molecule has 1 aliphatic rings. The minimum Gasteiger partial charge on any atom is -0.268 e. The highest BCUT2D eigenvalue weighted by Gasteiger charge is 2.30. The Morgan fingerprint density at radius 2 is 1.88 bits per heavy atom. The number of para-hydroxylation sites is 1.